The molecule has 1 N–H and O–H groups in total. The molecule has 0 amide bonds. The average molecular weight is 321 g/mol. The molecule has 0 aromatic carbocycles. The molecule has 6 heteroatoms. The summed E-state index contributed by atoms with van der Waals surface area (Å²) in [5.74, 6) is 1.10. The minimum Gasteiger partial charge on any atom is -0.444 e. The molecule has 1 aliphatic rings. The lowest BCUT2D eigenvalue weighted by Gasteiger charge is -2.14. The summed E-state index contributed by atoms with van der Waals surface area (Å²) in [6.45, 7) is 2.11. The van der Waals surface area contributed by atoms with Crippen LogP contribution in [0.1, 0.15) is 12.2 Å². The van der Waals surface area contributed by atoms with E-state index in [4.69, 9.17) is 9.68 Å². The van der Waals surface area contributed by atoms with E-state index in [9.17, 15) is 0 Å². The molecule has 1 aliphatic heterocycles. The van der Waals surface area contributed by atoms with Crippen LogP contribution in [0.25, 0.3) is 11.0 Å². The standard InChI is InChI=1S/C13H13BrN4O/c1-18-3-2-8(7-18)17-13-12(14)10-4-9(5-15)19-11(10)6-16-13/h4,6,8H,2-3,7H2,1H3,(H,16,17). The normalized spacial score (nSPS) is 19.7. The molecule has 0 aliphatic carbocycles. The van der Waals surface area contributed by atoms with E-state index in [0.29, 0.717) is 17.4 Å². The van der Waals surface area contributed by atoms with Gasteiger partial charge in [0, 0.05) is 24.0 Å². The van der Waals surface area contributed by atoms with Gasteiger partial charge in [0.05, 0.1) is 10.7 Å². The van der Waals surface area contributed by atoms with Crippen LogP contribution < -0.4 is 5.32 Å². The van der Waals surface area contributed by atoms with Crippen LogP contribution in [0.3, 0.4) is 0 Å². The number of hydrogen-bond acceptors (Lipinski definition) is 5. The summed E-state index contributed by atoms with van der Waals surface area (Å²) in [4.78, 5) is 6.65. The molecule has 0 radical (unpaired) electrons. The number of anilines is 1. The Morgan fingerprint density at radius 3 is 3.16 bits per heavy atom. The van der Waals surface area contributed by atoms with Crippen LogP contribution in [0, 0.1) is 11.3 Å². The summed E-state index contributed by atoms with van der Waals surface area (Å²) < 4.78 is 6.20. The first-order valence-corrected chi connectivity index (χ1v) is 6.90. The topological polar surface area (TPSA) is 65.1 Å². The van der Waals surface area contributed by atoms with Crippen molar-refractivity contribution in [3.05, 3.63) is 22.5 Å². The highest BCUT2D eigenvalue weighted by Crippen LogP contribution is 2.32. The van der Waals surface area contributed by atoms with Crippen molar-refractivity contribution in [2.45, 2.75) is 12.5 Å². The predicted octanol–water partition coefficient (Wildman–Crippen LogP) is 2.58. The molecule has 1 saturated heterocycles. The molecular formula is C13H13BrN4O. The molecule has 3 rings (SSSR count). The molecule has 19 heavy (non-hydrogen) atoms. The van der Waals surface area contributed by atoms with Crippen molar-refractivity contribution in [3.63, 3.8) is 0 Å². The molecule has 2 aromatic heterocycles. The summed E-state index contributed by atoms with van der Waals surface area (Å²) in [6.07, 6.45) is 2.76. The number of pyridine rings is 1. The van der Waals surface area contributed by atoms with Crippen LogP contribution in [0.15, 0.2) is 21.2 Å². The molecule has 0 bridgehead atoms. The highest BCUT2D eigenvalue weighted by molar-refractivity contribution is 9.10. The summed E-state index contributed by atoms with van der Waals surface area (Å²) in [5, 5.41) is 13.2. The van der Waals surface area contributed by atoms with Crippen LogP contribution in [0.5, 0.6) is 0 Å². The summed E-state index contributed by atoms with van der Waals surface area (Å²) >= 11 is 3.54. The van der Waals surface area contributed by atoms with Crippen LogP contribution >= 0.6 is 15.9 Å². The van der Waals surface area contributed by atoms with Crippen molar-refractivity contribution in [3.8, 4) is 6.07 Å². The fourth-order valence-electron chi connectivity index (χ4n) is 2.38. The van der Waals surface area contributed by atoms with E-state index in [1.807, 2.05) is 6.07 Å². The zero-order valence-electron chi connectivity index (χ0n) is 10.5. The largest absolute Gasteiger partial charge is 0.444 e. The van der Waals surface area contributed by atoms with Gasteiger partial charge in [-0.3, -0.25) is 0 Å². The maximum absolute atomic E-state index is 8.86. The van der Waals surface area contributed by atoms with Gasteiger partial charge in [-0.1, -0.05) is 0 Å². The Morgan fingerprint density at radius 1 is 1.63 bits per heavy atom. The molecule has 1 unspecified atom stereocenters. The molecule has 2 aromatic rings. The van der Waals surface area contributed by atoms with Crippen molar-refractivity contribution < 1.29 is 4.42 Å². The molecule has 0 spiro atoms. The number of nitrogens with one attached hydrogen (secondary N) is 1. The average Bonchev–Trinajstić information content (AvgIpc) is 2.99. The Morgan fingerprint density at radius 2 is 2.47 bits per heavy atom. The van der Waals surface area contributed by atoms with Gasteiger partial charge in [-0.2, -0.15) is 5.26 Å². The van der Waals surface area contributed by atoms with Crippen LogP contribution in [0.4, 0.5) is 5.82 Å². The van der Waals surface area contributed by atoms with Crippen LogP contribution in [-0.2, 0) is 0 Å². The third-order valence-corrected chi connectivity index (χ3v) is 4.16. The molecule has 5 nitrogen and oxygen atoms in total. The van der Waals surface area contributed by atoms with Crippen LogP contribution in [0.2, 0.25) is 0 Å². The van der Waals surface area contributed by atoms with Crippen molar-refractivity contribution in [1.29, 1.82) is 5.26 Å². The van der Waals surface area contributed by atoms with Crippen molar-refractivity contribution >= 4 is 32.7 Å². The summed E-state index contributed by atoms with van der Waals surface area (Å²) in [5.41, 5.74) is 0.623. The number of nitriles is 1. The molecule has 1 fully saturated rings. The Kier molecular flexibility index (Phi) is 3.17. The molecular weight excluding hydrogens is 308 g/mol. The molecule has 1 atom stereocenters. The van der Waals surface area contributed by atoms with Gasteiger partial charge >= 0.3 is 0 Å². The second-order valence-corrected chi connectivity index (χ2v) is 5.61. The monoisotopic (exact) mass is 320 g/mol. The number of halogens is 1. The number of fused-ring (bicyclic) bond motifs is 1. The fraction of sp³-hybridized carbons (Fsp3) is 0.385. The number of aromatic nitrogens is 1. The lowest BCUT2D eigenvalue weighted by atomic mass is 10.2. The van der Waals surface area contributed by atoms with E-state index in [0.717, 1.165) is 35.2 Å². The minimum absolute atomic E-state index is 0.301. The van der Waals surface area contributed by atoms with Gasteiger partial charge in [0.15, 0.2) is 5.58 Å². The third-order valence-electron chi connectivity index (χ3n) is 3.36. The van der Waals surface area contributed by atoms with Crippen molar-refractivity contribution in [1.82, 2.24) is 9.88 Å². The van der Waals surface area contributed by atoms with Gasteiger partial charge < -0.3 is 14.6 Å². The highest BCUT2D eigenvalue weighted by Gasteiger charge is 2.21. The number of likely N-dealkylation sites (N-methyl/N-ethyl adjacent to an activating group) is 1. The van der Waals surface area contributed by atoms with Gasteiger partial charge in [-0.25, -0.2) is 4.98 Å². The molecule has 0 saturated carbocycles. The van der Waals surface area contributed by atoms with Gasteiger partial charge in [-0.15, -0.1) is 0 Å². The Bertz CT molecular complexity index is 660. The van der Waals surface area contributed by atoms with Crippen molar-refractivity contribution in [2.24, 2.45) is 0 Å². The fourth-order valence-corrected chi connectivity index (χ4v) is 2.91. The van der Waals surface area contributed by atoms with E-state index in [2.05, 4.69) is 38.2 Å². The van der Waals surface area contributed by atoms with E-state index in [1.165, 1.54) is 0 Å². The van der Waals surface area contributed by atoms with Gasteiger partial charge in [0.2, 0.25) is 5.76 Å². The quantitative estimate of drug-likeness (QED) is 0.921. The minimum atomic E-state index is 0.301. The Balaban J connectivity index is 1.92. The maximum Gasteiger partial charge on any atom is 0.204 e. The van der Waals surface area contributed by atoms with Gasteiger partial charge in [0.25, 0.3) is 0 Å². The first kappa shape index (κ1) is 12.5. The number of nitrogens with zero attached hydrogens (tertiary/aromatic N) is 3. The van der Waals surface area contributed by atoms with Crippen LogP contribution in [-0.4, -0.2) is 36.1 Å². The second-order valence-electron chi connectivity index (χ2n) is 4.81. The number of furan rings is 1. The van der Waals surface area contributed by atoms with E-state index in [-0.39, 0.29) is 0 Å². The molecule has 3 heterocycles. The van der Waals surface area contributed by atoms with E-state index >= 15 is 0 Å². The Labute approximate surface area is 119 Å². The maximum atomic E-state index is 8.86. The SMILES string of the molecule is CN1CCC(Nc2ncc3oc(C#N)cc3c2Br)C1. The van der Waals surface area contributed by atoms with Crippen molar-refractivity contribution in [2.75, 3.05) is 25.5 Å². The number of likely N-dealkylation sites (tertiary alicyclic amines) is 1. The third kappa shape index (κ3) is 2.31. The Hall–Kier alpha value is -1.58. The van der Waals surface area contributed by atoms with E-state index < -0.39 is 0 Å². The second kappa shape index (κ2) is 4.83. The lowest BCUT2D eigenvalue weighted by Crippen LogP contribution is -2.24. The first-order valence-electron chi connectivity index (χ1n) is 6.10. The number of hydrogen-bond donors (Lipinski definition) is 1. The zero-order chi connectivity index (χ0) is 13.4. The lowest BCUT2D eigenvalue weighted by molar-refractivity contribution is 0.414. The van der Waals surface area contributed by atoms with Gasteiger partial charge in [0.1, 0.15) is 11.9 Å². The predicted molar refractivity (Wildman–Crippen MR) is 75.9 cm³/mol. The highest BCUT2D eigenvalue weighted by atomic mass is 79.9. The summed E-state index contributed by atoms with van der Waals surface area (Å²) in [7, 11) is 2.11. The smallest absolute Gasteiger partial charge is 0.204 e. The zero-order valence-corrected chi connectivity index (χ0v) is 12.1. The summed E-state index contributed by atoms with van der Waals surface area (Å²) in [6, 6.07) is 4.14. The molecule has 98 valence electrons. The van der Waals surface area contributed by atoms with Gasteiger partial charge in [-0.05, 0) is 35.9 Å². The number of rotatable bonds is 2. The first-order chi connectivity index (χ1) is 9.17. The van der Waals surface area contributed by atoms with E-state index in [1.54, 1.807) is 12.3 Å².